The monoisotopic (exact) mass is 668 g/mol. The summed E-state index contributed by atoms with van der Waals surface area (Å²) in [5.74, 6) is 0. The van der Waals surface area contributed by atoms with Gasteiger partial charge in [-0.2, -0.15) is 0 Å². The normalized spacial score (nSPS) is 11.5. The van der Waals surface area contributed by atoms with Crippen LogP contribution in [0.4, 0.5) is 11.4 Å². The molecule has 2 heterocycles. The van der Waals surface area contributed by atoms with Crippen molar-refractivity contribution in [3.8, 4) is 39.1 Å². The maximum Gasteiger partial charge on any atom is 0.0558 e. The minimum atomic E-state index is 1.08. The molecule has 0 aliphatic heterocycles. The van der Waals surface area contributed by atoms with Crippen LogP contribution < -0.4 is 5.32 Å². The van der Waals surface area contributed by atoms with Crippen LogP contribution >= 0.6 is 11.3 Å². The molecule has 0 spiro atoms. The molecular weight excluding hydrogens is 637 g/mol. The molecule has 51 heavy (non-hydrogen) atoms. The first-order chi connectivity index (χ1) is 25.3. The van der Waals surface area contributed by atoms with E-state index in [1.807, 2.05) is 11.3 Å². The molecule has 1 N–H and O–H groups in total. The Balaban J connectivity index is 1.10. The van der Waals surface area contributed by atoms with Gasteiger partial charge in [-0.05, 0) is 88.5 Å². The zero-order chi connectivity index (χ0) is 33.7. The maximum absolute atomic E-state index is 3.84. The summed E-state index contributed by atoms with van der Waals surface area (Å²) in [6.45, 7) is 0. The van der Waals surface area contributed by atoms with Crippen molar-refractivity contribution in [2.24, 2.45) is 0 Å². The van der Waals surface area contributed by atoms with Crippen molar-refractivity contribution < 1.29 is 0 Å². The van der Waals surface area contributed by atoms with Gasteiger partial charge in [0, 0.05) is 47.9 Å². The number of anilines is 2. The molecule has 0 amide bonds. The van der Waals surface area contributed by atoms with Gasteiger partial charge in [0.25, 0.3) is 0 Å². The highest BCUT2D eigenvalue weighted by Gasteiger charge is 2.18. The Kier molecular flexibility index (Phi) is 7.04. The Hall–Kier alpha value is -6.42. The van der Waals surface area contributed by atoms with Gasteiger partial charge in [0.1, 0.15) is 0 Å². The van der Waals surface area contributed by atoms with Crippen molar-refractivity contribution in [3.63, 3.8) is 0 Å². The van der Waals surface area contributed by atoms with Crippen LogP contribution in [0.15, 0.2) is 188 Å². The van der Waals surface area contributed by atoms with Gasteiger partial charge in [-0.1, -0.05) is 127 Å². The molecule has 0 saturated heterocycles. The van der Waals surface area contributed by atoms with Crippen LogP contribution in [0, 0.1) is 0 Å². The fraction of sp³-hybridized carbons (Fsp3) is 0. The SMILES string of the molecule is c1ccc(Nc2c(-c3ccc4c(c3)c3ccccc3n4-c3ccc(-c4cccc(-c5ccccc5)c4)cc3)ccc3sc4ccccc4c23)cc1. The second kappa shape index (κ2) is 12.2. The van der Waals surface area contributed by atoms with Gasteiger partial charge in [0.2, 0.25) is 0 Å². The Morgan fingerprint density at radius 2 is 1.02 bits per heavy atom. The summed E-state index contributed by atoms with van der Waals surface area (Å²) in [6, 6.07) is 67.9. The van der Waals surface area contributed by atoms with Crippen molar-refractivity contribution >= 4 is 64.7 Å². The van der Waals surface area contributed by atoms with Crippen molar-refractivity contribution in [2.75, 3.05) is 5.32 Å². The standard InChI is InChI=1S/C48H32N2S/c1-3-12-32(13-4-1)34-14-11-15-35(30-34)33-22-25-38(26-23-33)50-43-20-9-7-18-40(43)42-31-36(24-28-44(42)50)39-27-29-46-47(41-19-8-10-21-45(41)51-46)48(39)49-37-16-5-2-6-17-37/h1-31,49H. The van der Waals surface area contributed by atoms with Crippen LogP contribution in [0.2, 0.25) is 0 Å². The zero-order valence-electron chi connectivity index (χ0n) is 27.8. The molecule has 0 fully saturated rings. The smallest absolute Gasteiger partial charge is 0.0558 e. The number of thiophene rings is 1. The average molecular weight is 669 g/mol. The first kappa shape index (κ1) is 29.5. The second-order valence-corrected chi connectivity index (χ2v) is 14.1. The molecule has 0 saturated carbocycles. The Morgan fingerprint density at radius 3 is 1.82 bits per heavy atom. The number of hydrogen-bond acceptors (Lipinski definition) is 2. The summed E-state index contributed by atoms with van der Waals surface area (Å²) >= 11 is 1.85. The van der Waals surface area contributed by atoms with Crippen molar-refractivity contribution in [1.29, 1.82) is 0 Å². The minimum Gasteiger partial charge on any atom is -0.354 e. The topological polar surface area (TPSA) is 17.0 Å². The predicted molar refractivity (Wildman–Crippen MR) is 220 cm³/mol. The Labute approximate surface area is 300 Å². The van der Waals surface area contributed by atoms with E-state index in [1.165, 1.54) is 75.4 Å². The summed E-state index contributed by atoms with van der Waals surface area (Å²) in [5, 5.41) is 8.88. The van der Waals surface area contributed by atoms with Gasteiger partial charge in [-0.3, -0.25) is 0 Å². The molecule has 10 rings (SSSR count). The summed E-state index contributed by atoms with van der Waals surface area (Å²) < 4.78 is 4.98. The van der Waals surface area contributed by atoms with Gasteiger partial charge in [-0.25, -0.2) is 0 Å². The van der Waals surface area contributed by atoms with Crippen LogP contribution in [-0.2, 0) is 0 Å². The van der Waals surface area contributed by atoms with Crippen LogP contribution in [0.5, 0.6) is 0 Å². The van der Waals surface area contributed by atoms with E-state index < -0.39 is 0 Å². The molecule has 0 bridgehead atoms. The molecule has 0 aliphatic rings. The van der Waals surface area contributed by atoms with E-state index in [-0.39, 0.29) is 0 Å². The van der Waals surface area contributed by atoms with Crippen LogP contribution in [0.25, 0.3) is 81.0 Å². The number of para-hydroxylation sites is 2. The highest BCUT2D eigenvalue weighted by molar-refractivity contribution is 7.26. The van der Waals surface area contributed by atoms with E-state index in [1.54, 1.807) is 0 Å². The van der Waals surface area contributed by atoms with Crippen LogP contribution in [-0.4, -0.2) is 4.57 Å². The zero-order valence-corrected chi connectivity index (χ0v) is 28.6. The Morgan fingerprint density at radius 1 is 0.392 bits per heavy atom. The average Bonchev–Trinajstić information content (AvgIpc) is 3.75. The van der Waals surface area contributed by atoms with Gasteiger partial charge in [-0.15, -0.1) is 11.3 Å². The lowest BCUT2D eigenvalue weighted by Gasteiger charge is -2.15. The fourth-order valence-corrected chi connectivity index (χ4v) is 8.70. The molecule has 8 aromatic carbocycles. The van der Waals surface area contributed by atoms with Gasteiger partial charge < -0.3 is 9.88 Å². The number of hydrogen-bond donors (Lipinski definition) is 1. The van der Waals surface area contributed by atoms with Gasteiger partial charge in [0.05, 0.1) is 16.7 Å². The first-order valence-corrected chi connectivity index (χ1v) is 18.2. The number of nitrogens with one attached hydrogen (secondary N) is 1. The lowest BCUT2D eigenvalue weighted by molar-refractivity contribution is 1.18. The fourth-order valence-electron chi connectivity index (χ4n) is 7.58. The number of fused-ring (bicyclic) bond motifs is 6. The molecular formula is C48H32N2S. The molecule has 3 heteroatoms. The van der Waals surface area contributed by atoms with Crippen molar-refractivity contribution in [3.05, 3.63) is 188 Å². The third kappa shape index (κ3) is 5.10. The van der Waals surface area contributed by atoms with Gasteiger partial charge in [0.15, 0.2) is 0 Å². The second-order valence-electron chi connectivity index (χ2n) is 13.0. The van der Waals surface area contributed by atoms with E-state index in [9.17, 15) is 0 Å². The molecule has 2 aromatic heterocycles. The lowest BCUT2D eigenvalue weighted by Crippen LogP contribution is -1.95. The summed E-state index contributed by atoms with van der Waals surface area (Å²) in [5.41, 5.74) is 13.0. The van der Waals surface area contributed by atoms with Crippen LogP contribution in [0.1, 0.15) is 0 Å². The summed E-state index contributed by atoms with van der Waals surface area (Å²) in [7, 11) is 0. The van der Waals surface area contributed by atoms with Crippen LogP contribution in [0.3, 0.4) is 0 Å². The largest absolute Gasteiger partial charge is 0.354 e. The Bertz CT molecular complexity index is 2860. The molecule has 0 radical (unpaired) electrons. The molecule has 240 valence electrons. The lowest BCUT2D eigenvalue weighted by atomic mass is 9.97. The maximum atomic E-state index is 3.84. The highest BCUT2D eigenvalue weighted by Crippen LogP contribution is 2.45. The predicted octanol–water partition coefficient (Wildman–Crippen LogP) is 13.9. The third-order valence-corrected chi connectivity index (χ3v) is 11.1. The molecule has 0 aliphatic carbocycles. The molecule has 0 atom stereocenters. The number of rotatable bonds is 6. The van der Waals surface area contributed by atoms with E-state index >= 15 is 0 Å². The minimum absolute atomic E-state index is 1.08. The van der Waals surface area contributed by atoms with Crippen molar-refractivity contribution in [1.82, 2.24) is 4.57 Å². The van der Waals surface area contributed by atoms with E-state index in [4.69, 9.17) is 0 Å². The quantitative estimate of drug-likeness (QED) is 0.187. The number of nitrogens with zero attached hydrogens (tertiary/aromatic N) is 1. The number of aromatic nitrogens is 1. The summed E-state index contributed by atoms with van der Waals surface area (Å²) in [6.07, 6.45) is 0. The van der Waals surface area contributed by atoms with Crippen molar-refractivity contribution in [2.45, 2.75) is 0 Å². The van der Waals surface area contributed by atoms with Gasteiger partial charge >= 0.3 is 0 Å². The number of benzene rings is 8. The third-order valence-electron chi connectivity index (χ3n) is 10.00. The summed E-state index contributed by atoms with van der Waals surface area (Å²) in [4.78, 5) is 0. The van der Waals surface area contributed by atoms with E-state index in [2.05, 4.69) is 198 Å². The highest BCUT2D eigenvalue weighted by atomic mass is 32.1. The van der Waals surface area contributed by atoms with E-state index in [0.29, 0.717) is 0 Å². The van der Waals surface area contributed by atoms with E-state index in [0.717, 1.165) is 17.1 Å². The first-order valence-electron chi connectivity index (χ1n) is 17.3. The molecule has 0 unspecified atom stereocenters. The molecule has 2 nitrogen and oxygen atoms in total. The molecule has 10 aromatic rings.